The van der Waals surface area contributed by atoms with E-state index in [0.29, 0.717) is 18.0 Å². The van der Waals surface area contributed by atoms with Crippen molar-refractivity contribution in [2.75, 3.05) is 11.4 Å². The van der Waals surface area contributed by atoms with Gasteiger partial charge in [-0.05, 0) is 30.7 Å². The number of unbranched alkanes of at least 4 members (excludes halogenated alkanes) is 5. The Bertz CT molecular complexity index is 1010. The van der Waals surface area contributed by atoms with Crippen LogP contribution in [0.5, 0.6) is 0 Å². The van der Waals surface area contributed by atoms with Gasteiger partial charge >= 0.3 is 0 Å². The van der Waals surface area contributed by atoms with Gasteiger partial charge in [-0.2, -0.15) is 0 Å². The predicted octanol–water partition coefficient (Wildman–Crippen LogP) is 6.57. The van der Waals surface area contributed by atoms with Crippen molar-refractivity contribution < 1.29 is 4.79 Å². The van der Waals surface area contributed by atoms with Crippen molar-refractivity contribution in [3.05, 3.63) is 59.4 Å². The smallest absolute Gasteiger partial charge is 0.227 e. The van der Waals surface area contributed by atoms with Crippen LogP contribution in [0.3, 0.4) is 0 Å². The molecule has 1 aliphatic rings. The lowest BCUT2D eigenvalue weighted by molar-refractivity contribution is -0.117. The molecule has 1 aliphatic heterocycles. The van der Waals surface area contributed by atoms with E-state index in [1.54, 1.807) is 0 Å². The van der Waals surface area contributed by atoms with Crippen LogP contribution in [0, 0.1) is 0 Å². The van der Waals surface area contributed by atoms with Crippen molar-refractivity contribution in [3.63, 3.8) is 0 Å². The molecular weight excluding hydrogens is 394 g/mol. The van der Waals surface area contributed by atoms with Gasteiger partial charge in [0, 0.05) is 25.4 Å². The molecule has 0 saturated carbocycles. The number of fused-ring (bicyclic) bond motifs is 1. The monoisotopic (exact) mass is 423 g/mol. The van der Waals surface area contributed by atoms with Crippen LogP contribution in [0.4, 0.5) is 5.69 Å². The van der Waals surface area contributed by atoms with E-state index in [0.717, 1.165) is 30.0 Å². The molecule has 0 N–H and O–H groups in total. The molecule has 1 unspecified atom stereocenters. The Morgan fingerprint density at radius 1 is 1.00 bits per heavy atom. The van der Waals surface area contributed by atoms with E-state index in [1.165, 1.54) is 37.6 Å². The van der Waals surface area contributed by atoms with E-state index in [9.17, 15) is 4.79 Å². The number of halogens is 1. The first-order valence-electron chi connectivity index (χ1n) is 11.2. The number of nitrogens with zero attached hydrogens (tertiary/aromatic N) is 3. The number of benzene rings is 2. The Hall–Kier alpha value is -2.33. The van der Waals surface area contributed by atoms with Gasteiger partial charge < -0.3 is 9.47 Å². The summed E-state index contributed by atoms with van der Waals surface area (Å²) in [5.74, 6) is 1.24. The summed E-state index contributed by atoms with van der Waals surface area (Å²) in [5, 5.41) is 0.618. The molecule has 1 fully saturated rings. The summed E-state index contributed by atoms with van der Waals surface area (Å²) < 4.78 is 2.35. The second-order valence-electron chi connectivity index (χ2n) is 8.23. The molecule has 0 bridgehead atoms. The molecule has 1 saturated heterocycles. The number of anilines is 1. The summed E-state index contributed by atoms with van der Waals surface area (Å²) in [7, 11) is 0. The Morgan fingerprint density at radius 2 is 1.73 bits per heavy atom. The number of aryl methyl sites for hydroxylation is 1. The molecule has 3 aromatic rings. The fourth-order valence-corrected chi connectivity index (χ4v) is 4.71. The summed E-state index contributed by atoms with van der Waals surface area (Å²) in [5.41, 5.74) is 2.98. The third kappa shape index (κ3) is 4.39. The molecule has 1 aromatic heterocycles. The summed E-state index contributed by atoms with van der Waals surface area (Å²) in [6.07, 6.45) is 8.06. The van der Waals surface area contributed by atoms with E-state index < -0.39 is 0 Å². The highest BCUT2D eigenvalue weighted by Gasteiger charge is 2.35. The maximum Gasteiger partial charge on any atom is 0.227 e. The molecule has 1 amide bonds. The standard InChI is InChI=1S/C25H30ClN3O/c1-2-3-4-5-6-11-16-28-23-15-10-8-13-21(23)27-25(28)19-17-24(30)29(18-19)22-14-9-7-12-20(22)26/h7-10,12-15,19H,2-6,11,16-18H2,1H3. The number of carbonyl (C=O) groups is 1. The number of imidazole rings is 1. The third-order valence-corrected chi connectivity index (χ3v) is 6.37. The quantitative estimate of drug-likeness (QED) is 0.365. The molecule has 158 valence electrons. The van der Waals surface area contributed by atoms with Crippen LogP contribution in [0.15, 0.2) is 48.5 Å². The minimum absolute atomic E-state index is 0.0845. The van der Waals surface area contributed by atoms with E-state index in [4.69, 9.17) is 16.6 Å². The molecule has 0 spiro atoms. The minimum Gasteiger partial charge on any atom is -0.328 e. The Morgan fingerprint density at radius 3 is 2.57 bits per heavy atom. The van der Waals surface area contributed by atoms with Crippen molar-refractivity contribution in [2.45, 2.75) is 64.3 Å². The first-order valence-corrected chi connectivity index (χ1v) is 11.6. The van der Waals surface area contributed by atoms with E-state index in [1.807, 2.05) is 35.2 Å². The van der Waals surface area contributed by atoms with Crippen molar-refractivity contribution in [3.8, 4) is 0 Å². The van der Waals surface area contributed by atoms with E-state index in [-0.39, 0.29) is 11.8 Å². The Balaban J connectivity index is 1.55. The topological polar surface area (TPSA) is 38.1 Å². The Labute approximate surface area is 183 Å². The van der Waals surface area contributed by atoms with Gasteiger partial charge in [0.25, 0.3) is 0 Å². The maximum absolute atomic E-state index is 12.8. The van der Waals surface area contributed by atoms with Gasteiger partial charge in [-0.15, -0.1) is 0 Å². The lowest BCUT2D eigenvalue weighted by Gasteiger charge is -2.18. The van der Waals surface area contributed by atoms with Crippen LogP contribution in [-0.4, -0.2) is 22.0 Å². The second kappa shape index (κ2) is 9.65. The molecule has 0 radical (unpaired) electrons. The number of para-hydroxylation sites is 3. The van der Waals surface area contributed by atoms with Crippen molar-refractivity contribution in [1.82, 2.24) is 9.55 Å². The lowest BCUT2D eigenvalue weighted by atomic mass is 10.1. The molecule has 4 rings (SSSR count). The highest BCUT2D eigenvalue weighted by atomic mass is 35.5. The van der Waals surface area contributed by atoms with Gasteiger partial charge in [0.05, 0.1) is 21.7 Å². The number of aromatic nitrogens is 2. The van der Waals surface area contributed by atoms with Gasteiger partial charge in [-0.1, -0.05) is 74.9 Å². The fraction of sp³-hybridized carbons (Fsp3) is 0.440. The van der Waals surface area contributed by atoms with E-state index in [2.05, 4.69) is 29.7 Å². The summed E-state index contributed by atoms with van der Waals surface area (Å²) in [6, 6.07) is 15.9. The predicted molar refractivity (Wildman–Crippen MR) is 124 cm³/mol. The number of hydrogen-bond donors (Lipinski definition) is 0. The second-order valence-corrected chi connectivity index (χ2v) is 8.64. The molecule has 1 atom stereocenters. The SMILES string of the molecule is CCCCCCCCn1c(C2CC(=O)N(c3ccccc3Cl)C2)nc2ccccc21. The summed E-state index contributed by atoms with van der Waals surface area (Å²) >= 11 is 6.36. The Kier molecular flexibility index (Phi) is 6.73. The third-order valence-electron chi connectivity index (χ3n) is 6.05. The van der Waals surface area contributed by atoms with Gasteiger partial charge in [-0.25, -0.2) is 4.98 Å². The van der Waals surface area contributed by atoms with Gasteiger partial charge in [-0.3, -0.25) is 4.79 Å². The van der Waals surface area contributed by atoms with Gasteiger partial charge in [0.15, 0.2) is 0 Å². The normalized spacial score (nSPS) is 16.7. The highest BCUT2D eigenvalue weighted by molar-refractivity contribution is 6.33. The first-order chi connectivity index (χ1) is 14.7. The zero-order valence-electron chi connectivity index (χ0n) is 17.7. The molecule has 30 heavy (non-hydrogen) atoms. The molecule has 5 heteroatoms. The number of hydrogen-bond acceptors (Lipinski definition) is 2. The van der Waals surface area contributed by atoms with Crippen LogP contribution < -0.4 is 4.90 Å². The van der Waals surface area contributed by atoms with Crippen LogP contribution >= 0.6 is 11.6 Å². The van der Waals surface area contributed by atoms with E-state index >= 15 is 0 Å². The van der Waals surface area contributed by atoms with Crippen LogP contribution in [0.25, 0.3) is 11.0 Å². The average molecular weight is 424 g/mol. The minimum atomic E-state index is 0.0845. The van der Waals surface area contributed by atoms with Crippen LogP contribution in [0.1, 0.15) is 63.6 Å². The molecule has 2 aromatic carbocycles. The van der Waals surface area contributed by atoms with Crippen LogP contribution in [0.2, 0.25) is 5.02 Å². The van der Waals surface area contributed by atoms with Crippen molar-refractivity contribution in [2.24, 2.45) is 0 Å². The number of rotatable bonds is 9. The largest absolute Gasteiger partial charge is 0.328 e. The highest BCUT2D eigenvalue weighted by Crippen LogP contribution is 2.36. The zero-order chi connectivity index (χ0) is 20.9. The maximum atomic E-state index is 12.8. The summed E-state index contributed by atoms with van der Waals surface area (Å²) in [4.78, 5) is 19.6. The zero-order valence-corrected chi connectivity index (χ0v) is 18.4. The molecule has 4 nitrogen and oxygen atoms in total. The van der Waals surface area contributed by atoms with Gasteiger partial charge in [0.2, 0.25) is 5.91 Å². The average Bonchev–Trinajstić information content (AvgIpc) is 3.31. The first kappa shape index (κ1) is 20.9. The molecule has 2 heterocycles. The van der Waals surface area contributed by atoms with Crippen molar-refractivity contribution in [1.29, 1.82) is 0 Å². The number of amides is 1. The van der Waals surface area contributed by atoms with Crippen LogP contribution in [-0.2, 0) is 11.3 Å². The molecular formula is C25H30ClN3O. The molecule has 0 aliphatic carbocycles. The number of carbonyl (C=O) groups excluding carboxylic acids is 1. The summed E-state index contributed by atoms with van der Waals surface area (Å²) in [6.45, 7) is 3.83. The van der Waals surface area contributed by atoms with Gasteiger partial charge in [0.1, 0.15) is 5.82 Å². The lowest BCUT2D eigenvalue weighted by Crippen LogP contribution is -2.24. The fourth-order valence-electron chi connectivity index (χ4n) is 4.48. The van der Waals surface area contributed by atoms with Crippen molar-refractivity contribution >= 4 is 34.2 Å².